The molecular weight excluding hydrogens is 198 g/mol. The zero-order chi connectivity index (χ0) is 11.5. The third-order valence-electron chi connectivity index (χ3n) is 3.83. The minimum atomic E-state index is 0.852. The minimum Gasteiger partial charge on any atom is -0.382 e. The van der Waals surface area contributed by atoms with E-state index in [4.69, 9.17) is 0 Å². The van der Waals surface area contributed by atoms with E-state index < -0.39 is 0 Å². The molecule has 0 radical (unpaired) electrons. The maximum atomic E-state index is 4.20. The Morgan fingerprint density at radius 3 is 2.50 bits per heavy atom. The molecule has 16 heavy (non-hydrogen) atoms. The van der Waals surface area contributed by atoms with E-state index in [1.54, 1.807) is 0 Å². The fourth-order valence-electron chi connectivity index (χ4n) is 2.59. The smallest absolute Gasteiger partial charge is 0.0825 e. The van der Waals surface area contributed by atoms with Crippen LogP contribution in [0, 0.1) is 25.7 Å². The Morgan fingerprint density at radius 2 is 1.94 bits per heavy atom. The van der Waals surface area contributed by atoms with E-state index in [0.717, 1.165) is 29.8 Å². The Hall–Kier alpha value is -0.990. The van der Waals surface area contributed by atoms with Crippen LogP contribution in [-0.4, -0.2) is 16.7 Å². The zero-order valence-corrected chi connectivity index (χ0v) is 10.6. The van der Waals surface area contributed by atoms with Gasteiger partial charge < -0.3 is 5.32 Å². The second-order valence-corrected chi connectivity index (χ2v) is 5.32. The highest BCUT2D eigenvalue weighted by Crippen LogP contribution is 2.28. The summed E-state index contributed by atoms with van der Waals surface area (Å²) in [6.45, 7) is 7.60. The van der Waals surface area contributed by atoms with Crippen molar-refractivity contribution in [1.29, 1.82) is 0 Å². The Balaban J connectivity index is 1.83. The molecule has 0 unspecified atom stereocenters. The van der Waals surface area contributed by atoms with Gasteiger partial charge in [-0.25, -0.2) is 0 Å². The molecule has 1 aromatic heterocycles. The van der Waals surface area contributed by atoms with Gasteiger partial charge in [0.15, 0.2) is 0 Å². The van der Waals surface area contributed by atoms with Gasteiger partial charge in [0, 0.05) is 6.54 Å². The van der Waals surface area contributed by atoms with Crippen LogP contribution in [0.3, 0.4) is 0 Å². The van der Waals surface area contributed by atoms with Gasteiger partial charge in [0.2, 0.25) is 0 Å². The fraction of sp³-hybridized carbons (Fsp3) is 0.769. The second-order valence-electron chi connectivity index (χ2n) is 5.32. The normalized spacial score (nSPS) is 25.7. The topological polar surface area (TPSA) is 40.7 Å². The van der Waals surface area contributed by atoms with E-state index in [0.29, 0.717) is 0 Å². The minimum absolute atomic E-state index is 0.852. The molecule has 0 amide bonds. The lowest BCUT2D eigenvalue weighted by Crippen LogP contribution is -2.20. The Labute approximate surface area is 98.0 Å². The van der Waals surface area contributed by atoms with Crippen molar-refractivity contribution in [1.82, 2.24) is 10.2 Å². The predicted octanol–water partition coefficient (Wildman–Crippen LogP) is 3.26. The van der Waals surface area contributed by atoms with Crippen molar-refractivity contribution in [2.24, 2.45) is 11.8 Å². The predicted molar refractivity (Wildman–Crippen MR) is 67.7 cm³/mol. The molecule has 3 heteroatoms. The van der Waals surface area contributed by atoms with E-state index in [1.165, 1.54) is 31.4 Å². The van der Waals surface area contributed by atoms with Crippen LogP contribution in [0.5, 0.6) is 0 Å². The average molecular weight is 221 g/mol. The molecule has 1 aliphatic carbocycles. The largest absolute Gasteiger partial charge is 0.382 e. The van der Waals surface area contributed by atoms with Crippen LogP contribution in [-0.2, 0) is 0 Å². The average Bonchev–Trinajstić information content (AvgIpc) is 2.59. The standard InChI is InChI=1S/C13H23N3/c1-9-4-6-12(7-5-9)8-14-13-10(2)15-16-11(13)3/h9,12,14H,4-8H2,1-3H3,(H,15,16). The second kappa shape index (κ2) is 4.89. The number of hydrogen-bond donors (Lipinski definition) is 2. The molecule has 1 fully saturated rings. The zero-order valence-electron chi connectivity index (χ0n) is 10.6. The van der Waals surface area contributed by atoms with Crippen LogP contribution in [0.4, 0.5) is 5.69 Å². The molecule has 0 aromatic carbocycles. The Bertz CT molecular complexity index is 315. The van der Waals surface area contributed by atoms with Gasteiger partial charge in [-0.2, -0.15) is 5.10 Å². The highest BCUT2D eigenvalue weighted by atomic mass is 15.1. The van der Waals surface area contributed by atoms with Gasteiger partial charge in [-0.05, 0) is 38.5 Å². The number of anilines is 1. The van der Waals surface area contributed by atoms with E-state index in [9.17, 15) is 0 Å². The highest BCUT2D eigenvalue weighted by molar-refractivity contribution is 5.51. The number of aryl methyl sites for hydroxylation is 2. The number of rotatable bonds is 3. The van der Waals surface area contributed by atoms with Crippen molar-refractivity contribution in [3.05, 3.63) is 11.4 Å². The summed E-state index contributed by atoms with van der Waals surface area (Å²) in [5.74, 6) is 1.79. The first kappa shape index (κ1) is 11.5. The van der Waals surface area contributed by atoms with Crippen molar-refractivity contribution < 1.29 is 0 Å². The number of H-pyrrole nitrogens is 1. The van der Waals surface area contributed by atoms with Gasteiger partial charge in [-0.15, -0.1) is 0 Å². The van der Waals surface area contributed by atoms with Gasteiger partial charge in [0.1, 0.15) is 0 Å². The number of aromatic nitrogens is 2. The molecule has 3 nitrogen and oxygen atoms in total. The molecule has 90 valence electrons. The van der Waals surface area contributed by atoms with E-state index in [2.05, 4.69) is 36.3 Å². The lowest BCUT2D eigenvalue weighted by molar-refractivity contribution is 0.300. The number of aromatic amines is 1. The van der Waals surface area contributed by atoms with Crippen molar-refractivity contribution in [3.8, 4) is 0 Å². The number of nitrogens with zero attached hydrogens (tertiary/aromatic N) is 1. The van der Waals surface area contributed by atoms with Crippen molar-refractivity contribution in [2.45, 2.75) is 46.5 Å². The third kappa shape index (κ3) is 2.57. The summed E-state index contributed by atoms with van der Waals surface area (Å²) < 4.78 is 0. The quantitative estimate of drug-likeness (QED) is 0.822. The van der Waals surface area contributed by atoms with Gasteiger partial charge in [0.25, 0.3) is 0 Å². The molecule has 1 saturated carbocycles. The van der Waals surface area contributed by atoms with Crippen molar-refractivity contribution in [3.63, 3.8) is 0 Å². The molecule has 0 spiro atoms. The maximum Gasteiger partial charge on any atom is 0.0825 e. The summed E-state index contributed by atoms with van der Waals surface area (Å²) in [5, 5.41) is 10.8. The van der Waals surface area contributed by atoms with Crippen LogP contribution in [0.2, 0.25) is 0 Å². The maximum absolute atomic E-state index is 4.20. The molecular formula is C13H23N3. The Morgan fingerprint density at radius 1 is 1.25 bits per heavy atom. The summed E-state index contributed by atoms with van der Waals surface area (Å²) in [6, 6.07) is 0. The first-order valence-corrected chi connectivity index (χ1v) is 6.42. The summed E-state index contributed by atoms with van der Waals surface area (Å²) in [7, 11) is 0. The highest BCUT2D eigenvalue weighted by Gasteiger charge is 2.18. The lowest BCUT2D eigenvalue weighted by Gasteiger charge is -2.26. The molecule has 2 N–H and O–H groups in total. The number of nitrogens with one attached hydrogen (secondary N) is 2. The summed E-state index contributed by atoms with van der Waals surface area (Å²) in [5.41, 5.74) is 3.45. The first-order chi connectivity index (χ1) is 7.66. The van der Waals surface area contributed by atoms with E-state index in [1.807, 2.05) is 0 Å². The Kier molecular flexibility index (Phi) is 3.52. The van der Waals surface area contributed by atoms with Crippen LogP contribution in [0.15, 0.2) is 0 Å². The lowest BCUT2D eigenvalue weighted by atomic mass is 9.83. The SMILES string of the molecule is Cc1n[nH]c(C)c1NCC1CCC(C)CC1. The summed E-state index contributed by atoms with van der Waals surface area (Å²) in [4.78, 5) is 0. The molecule has 1 aromatic rings. The van der Waals surface area contributed by atoms with Crippen LogP contribution >= 0.6 is 0 Å². The van der Waals surface area contributed by atoms with Gasteiger partial charge in [0.05, 0.1) is 17.1 Å². The summed E-state index contributed by atoms with van der Waals surface area (Å²) in [6.07, 6.45) is 5.56. The molecule has 0 aliphatic heterocycles. The number of hydrogen-bond acceptors (Lipinski definition) is 2. The van der Waals surface area contributed by atoms with Gasteiger partial charge in [-0.1, -0.05) is 19.8 Å². The van der Waals surface area contributed by atoms with Gasteiger partial charge >= 0.3 is 0 Å². The first-order valence-electron chi connectivity index (χ1n) is 6.42. The molecule has 0 atom stereocenters. The monoisotopic (exact) mass is 221 g/mol. The third-order valence-corrected chi connectivity index (χ3v) is 3.83. The van der Waals surface area contributed by atoms with Crippen LogP contribution in [0.25, 0.3) is 0 Å². The van der Waals surface area contributed by atoms with Crippen LogP contribution < -0.4 is 5.32 Å². The molecule has 2 rings (SSSR count). The van der Waals surface area contributed by atoms with Crippen molar-refractivity contribution >= 4 is 5.69 Å². The molecule has 0 saturated heterocycles. The van der Waals surface area contributed by atoms with Gasteiger partial charge in [-0.3, -0.25) is 5.10 Å². The molecule has 0 bridgehead atoms. The molecule has 1 heterocycles. The van der Waals surface area contributed by atoms with E-state index >= 15 is 0 Å². The molecule has 1 aliphatic rings. The summed E-state index contributed by atoms with van der Waals surface area (Å²) >= 11 is 0. The van der Waals surface area contributed by atoms with E-state index in [-0.39, 0.29) is 0 Å². The fourth-order valence-corrected chi connectivity index (χ4v) is 2.59. The van der Waals surface area contributed by atoms with Crippen molar-refractivity contribution in [2.75, 3.05) is 11.9 Å². The van der Waals surface area contributed by atoms with Crippen LogP contribution in [0.1, 0.15) is 44.0 Å².